The van der Waals surface area contributed by atoms with E-state index in [1.54, 1.807) is 0 Å². The van der Waals surface area contributed by atoms with Gasteiger partial charge in [-0.2, -0.15) is 0 Å². The fourth-order valence-corrected chi connectivity index (χ4v) is 1.73. The van der Waals surface area contributed by atoms with E-state index >= 15 is 0 Å². The van der Waals surface area contributed by atoms with Crippen LogP contribution in [0.2, 0.25) is 0 Å². The van der Waals surface area contributed by atoms with E-state index in [2.05, 4.69) is 0 Å². The molecule has 1 rings (SSSR count). The van der Waals surface area contributed by atoms with Crippen LogP contribution < -0.4 is 0 Å². The smallest absolute Gasteiger partial charge is 0.329 e. The number of carbonyl (C=O) groups excluding carboxylic acids is 3. The highest BCUT2D eigenvalue weighted by Gasteiger charge is 2.36. The number of ether oxygens (including phenoxy) is 1. The van der Waals surface area contributed by atoms with E-state index in [-0.39, 0.29) is 12.0 Å². The largest absolute Gasteiger partial charge is 0.464 e. The first kappa shape index (κ1) is 15.4. The van der Waals surface area contributed by atoms with Gasteiger partial charge in [0.25, 0.3) is 11.8 Å². The van der Waals surface area contributed by atoms with Crippen molar-refractivity contribution in [2.45, 2.75) is 46.6 Å². The van der Waals surface area contributed by atoms with Gasteiger partial charge in [0.05, 0.1) is 6.61 Å². The van der Waals surface area contributed by atoms with Crippen LogP contribution in [-0.4, -0.2) is 35.3 Å². The fraction of sp³-hybridized carbons (Fsp3) is 0.643. The van der Waals surface area contributed by atoms with Crippen LogP contribution in [0.3, 0.4) is 0 Å². The van der Waals surface area contributed by atoms with Crippen LogP contribution in [0.15, 0.2) is 12.2 Å². The molecule has 19 heavy (non-hydrogen) atoms. The molecule has 0 saturated heterocycles. The van der Waals surface area contributed by atoms with Gasteiger partial charge in [0, 0.05) is 12.2 Å². The maximum Gasteiger partial charge on any atom is 0.329 e. The highest BCUT2D eigenvalue weighted by Crippen LogP contribution is 2.18. The molecule has 1 aliphatic rings. The molecule has 1 aliphatic heterocycles. The van der Waals surface area contributed by atoms with Crippen molar-refractivity contribution in [3.63, 3.8) is 0 Å². The Morgan fingerprint density at radius 1 is 1.26 bits per heavy atom. The van der Waals surface area contributed by atoms with Gasteiger partial charge in [0.1, 0.15) is 6.04 Å². The first-order valence-corrected chi connectivity index (χ1v) is 6.48. The van der Waals surface area contributed by atoms with Crippen molar-refractivity contribution in [2.24, 2.45) is 5.41 Å². The second kappa shape index (κ2) is 5.99. The molecule has 0 aromatic rings. The number of hydrogen-bond acceptors (Lipinski definition) is 4. The molecule has 106 valence electrons. The van der Waals surface area contributed by atoms with E-state index < -0.39 is 23.8 Å². The Hall–Kier alpha value is -1.65. The quantitative estimate of drug-likeness (QED) is 0.561. The second-order valence-electron chi connectivity index (χ2n) is 5.85. The van der Waals surface area contributed by atoms with E-state index in [1.807, 2.05) is 27.7 Å². The van der Waals surface area contributed by atoms with Crippen LogP contribution >= 0.6 is 0 Å². The highest BCUT2D eigenvalue weighted by molar-refractivity contribution is 6.14. The lowest BCUT2D eigenvalue weighted by Gasteiger charge is -2.26. The number of nitrogens with zero attached hydrogens (tertiary/aromatic N) is 1. The fourth-order valence-electron chi connectivity index (χ4n) is 1.73. The Kier molecular flexibility index (Phi) is 4.86. The molecule has 0 N–H and O–H groups in total. The zero-order chi connectivity index (χ0) is 14.6. The summed E-state index contributed by atoms with van der Waals surface area (Å²) in [5.41, 5.74) is -0.149. The predicted molar refractivity (Wildman–Crippen MR) is 70.1 cm³/mol. The maximum atomic E-state index is 12.1. The van der Waals surface area contributed by atoms with Crippen molar-refractivity contribution in [2.75, 3.05) is 6.61 Å². The summed E-state index contributed by atoms with van der Waals surface area (Å²) in [6.07, 6.45) is 3.47. The Labute approximate surface area is 113 Å². The molecular formula is C14H21NO4. The summed E-state index contributed by atoms with van der Waals surface area (Å²) < 4.78 is 5.22. The Morgan fingerprint density at radius 3 is 2.21 bits per heavy atom. The van der Waals surface area contributed by atoms with Crippen molar-refractivity contribution in [3.8, 4) is 0 Å². The van der Waals surface area contributed by atoms with Gasteiger partial charge < -0.3 is 4.74 Å². The number of esters is 1. The lowest BCUT2D eigenvalue weighted by Crippen LogP contribution is -2.46. The third-order valence-corrected chi connectivity index (χ3v) is 2.64. The lowest BCUT2D eigenvalue weighted by molar-refractivity contribution is -0.159. The summed E-state index contributed by atoms with van der Waals surface area (Å²) in [6, 6.07) is -0.817. The molecule has 1 atom stereocenters. The van der Waals surface area contributed by atoms with E-state index in [0.29, 0.717) is 12.8 Å². The van der Waals surface area contributed by atoms with Crippen molar-refractivity contribution in [1.29, 1.82) is 0 Å². The monoisotopic (exact) mass is 267 g/mol. The van der Waals surface area contributed by atoms with Crippen molar-refractivity contribution in [1.82, 2.24) is 4.90 Å². The average Bonchev–Trinajstić information content (AvgIpc) is 2.62. The Bertz CT molecular complexity index is 388. The maximum absolute atomic E-state index is 12.1. The van der Waals surface area contributed by atoms with Gasteiger partial charge in [-0.3, -0.25) is 14.5 Å². The molecule has 1 unspecified atom stereocenters. The summed E-state index contributed by atoms with van der Waals surface area (Å²) >= 11 is 0. The number of amides is 2. The van der Waals surface area contributed by atoms with E-state index in [4.69, 9.17) is 4.74 Å². The van der Waals surface area contributed by atoms with E-state index in [1.165, 1.54) is 12.2 Å². The van der Waals surface area contributed by atoms with Crippen LogP contribution in [0, 0.1) is 5.41 Å². The Morgan fingerprint density at radius 2 is 1.79 bits per heavy atom. The summed E-state index contributed by atoms with van der Waals surface area (Å²) in [5, 5.41) is 0. The lowest BCUT2D eigenvalue weighted by atomic mass is 9.98. The molecule has 2 amide bonds. The summed E-state index contributed by atoms with van der Waals surface area (Å²) in [5.74, 6) is -1.41. The molecule has 0 spiro atoms. The van der Waals surface area contributed by atoms with Crippen LogP contribution in [0.25, 0.3) is 0 Å². The zero-order valence-electron chi connectivity index (χ0n) is 11.9. The molecule has 0 radical (unpaired) electrons. The van der Waals surface area contributed by atoms with Gasteiger partial charge >= 0.3 is 5.97 Å². The molecule has 0 saturated carbocycles. The molecular weight excluding hydrogens is 246 g/mol. The van der Waals surface area contributed by atoms with Crippen molar-refractivity contribution >= 4 is 17.8 Å². The molecule has 1 heterocycles. The van der Waals surface area contributed by atoms with Gasteiger partial charge in [-0.1, -0.05) is 34.1 Å². The predicted octanol–water partition coefficient (Wildman–Crippen LogP) is 1.67. The minimum absolute atomic E-state index is 0.149. The Balaban J connectivity index is 2.75. The summed E-state index contributed by atoms with van der Waals surface area (Å²) in [4.78, 5) is 36.3. The van der Waals surface area contributed by atoms with Gasteiger partial charge in [0.2, 0.25) is 0 Å². The molecule has 5 nitrogen and oxygen atoms in total. The highest BCUT2D eigenvalue weighted by atomic mass is 16.5. The zero-order valence-corrected chi connectivity index (χ0v) is 11.9. The van der Waals surface area contributed by atoms with Crippen LogP contribution in [0.5, 0.6) is 0 Å². The van der Waals surface area contributed by atoms with Crippen LogP contribution in [-0.2, 0) is 19.1 Å². The second-order valence-corrected chi connectivity index (χ2v) is 5.85. The normalized spacial score (nSPS) is 16.9. The SMILES string of the molecule is CCCC(C(=O)OCC(C)(C)C)N1C(=O)C=CC1=O. The van der Waals surface area contributed by atoms with Crippen molar-refractivity contribution in [3.05, 3.63) is 12.2 Å². The van der Waals surface area contributed by atoms with E-state index in [9.17, 15) is 14.4 Å². The van der Waals surface area contributed by atoms with Gasteiger partial charge in [0.15, 0.2) is 0 Å². The van der Waals surface area contributed by atoms with Gasteiger partial charge in [-0.25, -0.2) is 4.79 Å². The van der Waals surface area contributed by atoms with Crippen LogP contribution in [0.1, 0.15) is 40.5 Å². The van der Waals surface area contributed by atoms with Gasteiger partial charge in [-0.05, 0) is 11.8 Å². The molecule has 0 aromatic heterocycles. The third-order valence-electron chi connectivity index (χ3n) is 2.64. The number of hydrogen-bond donors (Lipinski definition) is 0. The van der Waals surface area contributed by atoms with Crippen molar-refractivity contribution < 1.29 is 19.1 Å². The summed E-state index contributed by atoms with van der Waals surface area (Å²) in [6.45, 7) is 7.99. The van der Waals surface area contributed by atoms with Crippen LogP contribution in [0.4, 0.5) is 0 Å². The first-order valence-electron chi connectivity index (χ1n) is 6.48. The molecule has 5 heteroatoms. The summed E-state index contributed by atoms with van der Waals surface area (Å²) in [7, 11) is 0. The minimum Gasteiger partial charge on any atom is -0.464 e. The number of carbonyl (C=O) groups is 3. The van der Waals surface area contributed by atoms with Gasteiger partial charge in [-0.15, -0.1) is 0 Å². The molecule has 0 bridgehead atoms. The number of rotatable bonds is 5. The van der Waals surface area contributed by atoms with E-state index in [0.717, 1.165) is 4.90 Å². The third kappa shape index (κ3) is 4.19. The number of imide groups is 1. The first-order chi connectivity index (χ1) is 8.76. The molecule has 0 fully saturated rings. The molecule has 0 aliphatic carbocycles. The minimum atomic E-state index is -0.817. The standard InChI is InChI=1S/C14H21NO4/c1-5-6-10(13(18)19-9-14(2,3)4)15-11(16)7-8-12(15)17/h7-8,10H,5-6,9H2,1-4H3. The topological polar surface area (TPSA) is 63.7 Å². The average molecular weight is 267 g/mol. The molecule has 0 aromatic carbocycles.